The molecule has 3 heteroatoms. The minimum Gasteiger partial charge on any atom is -0.308 e. The molecule has 1 saturated carbocycles. The van der Waals surface area contributed by atoms with Gasteiger partial charge in [-0.25, -0.2) is 0 Å². The molecule has 2 atom stereocenters. The van der Waals surface area contributed by atoms with E-state index in [1.807, 2.05) is 6.20 Å². The first-order chi connectivity index (χ1) is 8.35. The van der Waals surface area contributed by atoms with E-state index in [-0.39, 0.29) is 0 Å². The lowest BCUT2D eigenvalue weighted by molar-refractivity contribution is 0.252. The third-order valence-electron chi connectivity index (χ3n) is 4.08. The fourth-order valence-electron chi connectivity index (χ4n) is 3.00. The van der Waals surface area contributed by atoms with Crippen molar-refractivity contribution in [3.63, 3.8) is 0 Å². The van der Waals surface area contributed by atoms with Gasteiger partial charge >= 0.3 is 0 Å². The van der Waals surface area contributed by atoms with Gasteiger partial charge in [-0.2, -0.15) is 5.10 Å². The molecule has 1 aliphatic carbocycles. The average molecular weight is 235 g/mol. The number of aromatic nitrogens is 2. The van der Waals surface area contributed by atoms with Crippen molar-refractivity contribution >= 4 is 0 Å². The molecule has 1 aromatic heterocycles. The van der Waals surface area contributed by atoms with Crippen LogP contribution in [0, 0.1) is 5.92 Å². The number of nitrogens with one attached hydrogen (secondary N) is 1. The first-order valence-corrected chi connectivity index (χ1v) is 7.09. The van der Waals surface area contributed by atoms with Crippen LogP contribution >= 0.6 is 0 Å². The molecule has 0 spiro atoms. The summed E-state index contributed by atoms with van der Waals surface area (Å²) >= 11 is 0. The first kappa shape index (κ1) is 12.6. The molecule has 2 rings (SSSR count). The van der Waals surface area contributed by atoms with Crippen LogP contribution in [-0.4, -0.2) is 15.8 Å². The summed E-state index contributed by atoms with van der Waals surface area (Å²) in [7, 11) is 0. The summed E-state index contributed by atoms with van der Waals surface area (Å²) in [6.45, 7) is 6.40. The molecule has 1 aromatic rings. The molecule has 0 aromatic carbocycles. The molecule has 1 heterocycles. The Kier molecular flexibility index (Phi) is 4.60. The van der Waals surface area contributed by atoms with E-state index in [0.29, 0.717) is 6.04 Å². The highest BCUT2D eigenvalue weighted by Gasteiger charge is 2.23. The molecule has 0 amide bonds. The highest BCUT2D eigenvalue weighted by molar-refractivity contribution is 5.00. The van der Waals surface area contributed by atoms with Gasteiger partial charge in [-0.15, -0.1) is 0 Å². The predicted molar refractivity (Wildman–Crippen MR) is 70.8 cm³/mol. The van der Waals surface area contributed by atoms with Crippen molar-refractivity contribution in [2.24, 2.45) is 5.92 Å². The van der Waals surface area contributed by atoms with Gasteiger partial charge in [-0.1, -0.05) is 26.2 Å². The van der Waals surface area contributed by atoms with Crippen molar-refractivity contribution in [2.75, 3.05) is 0 Å². The zero-order valence-corrected chi connectivity index (χ0v) is 11.2. The van der Waals surface area contributed by atoms with E-state index < -0.39 is 0 Å². The molecule has 0 radical (unpaired) electrons. The smallest absolute Gasteiger partial charge is 0.0522 e. The van der Waals surface area contributed by atoms with E-state index in [4.69, 9.17) is 0 Å². The summed E-state index contributed by atoms with van der Waals surface area (Å²) in [4.78, 5) is 0. The minimum absolute atomic E-state index is 0.717. The van der Waals surface area contributed by atoms with Crippen LogP contribution in [0.5, 0.6) is 0 Å². The molecule has 1 N–H and O–H groups in total. The van der Waals surface area contributed by atoms with Gasteiger partial charge in [0.1, 0.15) is 0 Å². The Balaban J connectivity index is 1.88. The van der Waals surface area contributed by atoms with Gasteiger partial charge in [-0.05, 0) is 31.7 Å². The van der Waals surface area contributed by atoms with Crippen LogP contribution in [0.4, 0.5) is 0 Å². The Morgan fingerprint density at radius 1 is 1.35 bits per heavy atom. The molecule has 0 bridgehead atoms. The topological polar surface area (TPSA) is 29.9 Å². The number of nitrogens with zero attached hydrogens (tertiary/aromatic N) is 2. The van der Waals surface area contributed by atoms with E-state index >= 15 is 0 Å². The maximum Gasteiger partial charge on any atom is 0.0522 e. The fourth-order valence-corrected chi connectivity index (χ4v) is 3.00. The van der Waals surface area contributed by atoms with Crippen molar-refractivity contribution in [3.05, 3.63) is 18.0 Å². The summed E-state index contributed by atoms with van der Waals surface area (Å²) in [5.41, 5.74) is 1.31. The zero-order chi connectivity index (χ0) is 12.1. The number of hydrogen-bond acceptors (Lipinski definition) is 2. The average Bonchev–Trinajstić information content (AvgIpc) is 2.84. The molecule has 1 fully saturated rings. The largest absolute Gasteiger partial charge is 0.308 e. The molecule has 17 heavy (non-hydrogen) atoms. The maximum atomic E-state index is 4.31. The summed E-state index contributed by atoms with van der Waals surface area (Å²) < 4.78 is 2.08. The SMILES string of the molecule is CCC1CCCCC1NCc1ccnn1CC. The molecule has 96 valence electrons. The Labute approximate surface area is 105 Å². The molecular formula is C14H25N3. The standard InChI is InChI=1S/C14H25N3/c1-3-12-7-5-6-8-14(12)15-11-13-9-10-16-17(13)4-2/h9-10,12,14-15H,3-8,11H2,1-2H3. The molecule has 3 nitrogen and oxygen atoms in total. The van der Waals surface area contributed by atoms with Gasteiger partial charge in [0, 0.05) is 25.3 Å². The van der Waals surface area contributed by atoms with E-state index in [1.54, 1.807) is 0 Å². The monoisotopic (exact) mass is 235 g/mol. The summed E-state index contributed by atoms with van der Waals surface area (Å²) in [6.07, 6.45) is 8.77. The number of aryl methyl sites for hydroxylation is 1. The molecule has 0 saturated heterocycles. The fraction of sp³-hybridized carbons (Fsp3) is 0.786. The molecule has 1 aliphatic rings. The molecule has 0 aliphatic heterocycles. The summed E-state index contributed by atoms with van der Waals surface area (Å²) in [5, 5.41) is 8.05. The van der Waals surface area contributed by atoms with Gasteiger partial charge < -0.3 is 5.32 Å². The second-order valence-corrected chi connectivity index (χ2v) is 5.08. The van der Waals surface area contributed by atoms with Crippen molar-refractivity contribution in [3.8, 4) is 0 Å². The Hall–Kier alpha value is -0.830. The van der Waals surface area contributed by atoms with Crippen molar-refractivity contribution in [1.82, 2.24) is 15.1 Å². The Morgan fingerprint density at radius 3 is 2.94 bits per heavy atom. The van der Waals surface area contributed by atoms with Crippen LogP contribution in [0.1, 0.15) is 51.6 Å². The molecule has 2 unspecified atom stereocenters. The summed E-state index contributed by atoms with van der Waals surface area (Å²) in [6, 6.07) is 2.84. The van der Waals surface area contributed by atoms with E-state index in [9.17, 15) is 0 Å². The number of hydrogen-bond donors (Lipinski definition) is 1. The second kappa shape index (κ2) is 6.20. The normalized spacial score (nSPS) is 25.1. The third kappa shape index (κ3) is 3.09. The van der Waals surface area contributed by atoms with Crippen LogP contribution in [-0.2, 0) is 13.1 Å². The lowest BCUT2D eigenvalue weighted by Crippen LogP contribution is -2.38. The Morgan fingerprint density at radius 2 is 2.18 bits per heavy atom. The van der Waals surface area contributed by atoms with E-state index in [1.165, 1.54) is 37.8 Å². The van der Waals surface area contributed by atoms with Gasteiger partial charge in [0.15, 0.2) is 0 Å². The van der Waals surface area contributed by atoms with E-state index in [2.05, 4.69) is 35.0 Å². The van der Waals surface area contributed by atoms with Gasteiger partial charge in [0.05, 0.1) is 5.69 Å². The molecular weight excluding hydrogens is 210 g/mol. The van der Waals surface area contributed by atoms with Gasteiger partial charge in [-0.3, -0.25) is 4.68 Å². The minimum atomic E-state index is 0.717. The lowest BCUT2D eigenvalue weighted by Gasteiger charge is -2.31. The zero-order valence-electron chi connectivity index (χ0n) is 11.2. The van der Waals surface area contributed by atoms with Crippen LogP contribution in [0.3, 0.4) is 0 Å². The van der Waals surface area contributed by atoms with E-state index in [0.717, 1.165) is 19.0 Å². The van der Waals surface area contributed by atoms with Crippen LogP contribution < -0.4 is 5.32 Å². The third-order valence-corrected chi connectivity index (χ3v) is 4.08. The predicted octanol–water partition coefficient (Wildman–Crippen LogP) is 2.96. The van der Waals surface area contributed by atoms with Gasteiger partial charge in [0.25, 0.3) is 0 Å². The van der Waals surface area contributed by atoms with Crippen molar-refractivity contribution in [1.29, 1.82) is 0 Å². The van der Waals surface area contributed by atoms with Crippen LogP contribution in [0.15, 0.2) is 12.3 Å². The second-order valence-electron chi connectivity index (χ2n) is 5.08. The van der Waals surface area contributed by atoms with Gasteiger partial charge in [0.2, 0.25) is 0 Å². The quantitative estimate of drug-likeness (QED) is 0.850. The maximum absolute atomic E-state index is 4.31. The summed E-state index contributed by atoms with van der Waals surface area (Å²) in [5.74, 6) is 0.877. The van der Waals surface area contributed by atoms with Crippen LogP contribution in [0.2, 0.25) is 0 Å². The highest BCUT2D eigenvalue weighted by Crippen LogP contribution is 2.26. The van der Waals surface area contributed by atoms with Crippen LogP contribution in [0.25, 0.3) is 0 Å². The highest BCUT2D eigenvalue weighted by atomic mass is 15.3. The van der Waals surface area contributed by atoms with Crippen molar-refractivity contribution in [2.45, 2.75) is 65.1 Å². The lowest BCUT2D eigenvalue weighted by atomic mass is 9.83. The van der Waals surface area contributed by atoms with Crippen molar-refractivity contribution < 1.29 is 0 Å². The first-order valence-electron chi connectivity index (χ1n) is 7.09. The Bertz CT molecular complexity index is 332. The number of rotatable bonds is 5.